The summed E-state index contributed by atoms with van der Waals surface area (Å²) < 4.78 is 22.2. The highest BCUT2D eigenvalue weighted by atomic mass is 35.5. The number of likely N-dealkylation sites (tertiary alicyclic amines) is 1. The normalized spacial score (nSPS) is 18.7. The summed E-state index contributed by atoms with van der Waals surface area (Å²) in [5.41, 5.74) is 9.83. The number of nitrogens with one attached hydrogen (secondary N) is 2. The molecule has 1 unspecified atom stereocenters. The van der Waals surface area contributed by atoms with Crippen LogP contribution in [0.15, 0.2) is 55.0 Å². The molecule has 19 heteroatoms. The molecule has 6 heterocycles. The summed E-state index contributed by atoms with van der Waals surface area (Å²) in [5, 5.41) is 10.1. The van der Waals surface area contributed by atoms with Gasteiger partial charge >= 0.3 is 0 Å². The van der Waals surface area contributed by atoms with Crippen molar-refractivity contribution in [3.8, 4) is 16.9 Å². The summed E-state index contributed by atoms with van der Waals surface area (Å²) in [6.45, 7) is 9.27. The van der Waals surface area contributed by atoms with Crippen molar-refractivity contribution >= 4 is 64.2 Å². The Morgan fingerprint density at radius 2 is 1.63 bits per heavy atom. The number of imide groups is 1. The van der Waals surface area contributed by atoms with Crippen molar-refractivity contribution < 1.29 is 33.1 Å². The standard InChI is InChI=1S/C49H59Cl2FN10O6/c1-31(45-37(50)12-13-38(52)46(45)51)68-41-26-32(27-54-47(41)53)33-28-55-62(29-33)34-16-20-60(21-17-34)44(65)11-3-2-5-18-58-22-24-59(25-23-58)19-6-4-10-42(63)56-39-9-7-8-35-36(39)30-61(49(35)67)40-14-15-43(64)57-48(40)66/h7-9,12-13,26-29,31,34,40H,2-6,10-11,14-25,30H2,1H3,(H2,53,54)(H,56,63)(H,57,64,66)/t31-,40?/m1/s1. The second-order valence-corrected chi connectivity index (χ2v) is 19.0. The number of hydrogen-bond acceptors (Lipinski definition) is 11. The maximum Gasteiger partial charge on any atom is 0.255 e. The highest BCUT2D eigenvalue weighted by Gasteiger charge is 2.40. The lowest BCUT2D eigenvalue weighted by Crippen LogP contribution is -2.52. The van der Waals surface area contributed by atoms with E-state index in [1.165, 1.54) is 17.0 Å². The van der Waals surface area contributed by atoms with Crippen molar-refractivity contribution in [3.63, 3.8) is 0 Å². The van der Waals surface area contributed by atoms with E-state index in [2.05, 4.69) is 30.5 Å². The Kier molecular flexibility index (Phi) is 15.9. The smallest absolute Gasteiger partial charge is 0.255 e. The number of nitrogens with zero attached hydrogens (tertiary/aromatic N) is 7. The number of fused-ring (bicyclic) bond motifs is 1. The number of piperazine rings is 1. The highest BCUT2D eigenvalue weighted by molar-refractivity contribution is 6.36. The molecular formula is C49H59Cl2FN10O6. The predicted octanol–water partition coefficient (Wildman–Crippen LogP) is 7.02. The number of aromatic nitrogens is 3. The quantitative estimate of drug-likeness (QED) is 0.0528. The summed E-state index contributed by atoms with van der Waals surface area (Å²) in [5.74, 6) is -1.04. The third kappa shape index (κ3) is 11.6. The van der Waals surface area contributed by atoms with Crippen molar-refractivity contribution in [2.24, 2.45) is 0 Å². The Morgan fingerprint density at radius 3 is 2.37 bits per heavy atom. The number of amides is 5. The predicted molar refractivity (Wildman–Crippen MR) is 257 cm³/mol. The maximum atomic E-state index is 14.2. The average molecular weight is 974 g/mol. The molecule has 0 saturated carbocycles. The molecule has 0 bridgehead atoms. The molecule has 0 spiro atoms. The van der Waals surface area contributed by atoms with E-state index in [1.807, 2.05) is 15.8 Å². The first kappa shape index (κ1) is 48.8. The molecule has 2 atom stereocenters. The Bertz CT molecular complexity index is 2510. The zero-order chi connectivity index (χ0) is 47.9. The number of rotatable bonds is 18. The number of carbonyl (C=O) groups excluding carboxylic acids is 5. The van der Waals surface area contributed by atoms with Crippen LogP contribution in [0.1, 0.15) is 111 Å². The van der Waals surface area contributed by atoms with Gasteiger partial charge in [-0.3, -0.25) is 34.0 Å². The van der Waals surface area contributed by atoms with Gasteiger partial charge in [0, 0.05) is 116 Å². The number of piperidine rings is 2. The largest absolute Gasteiger partial charge is 0.482 e. The molecule has 16 nitrogen and oxygen atoms in total. The van der Waals surface area contributed by atoms with Crippen LogP contribution in [0.2, 0.25) is 10.0 Å². The van der Waals surface area contributed by atoms with Gasteiger partial charge in [-0.15, -0.1) is 0 Å². The number of carbonyl (C=O) groups is 5. The number of anilines is 2. The molecule has 2 aromatic carbocycles. The minimum atomic E-state index is -0.703. The highest BCUT2D eigenvalue weighted by Crippen LogP contribution is 2.38. The molecule has 5 amide bonds. The molecule has 68 heavy (non-hydrogen) atoms. The van der Waals surface area contributed by atoms with Gasteiger partial charge in [-0.05, 0) is 95.3 Å². The van der Waals surface area contributed by atoms with Crippen LogP contribution in [0.3, 0.4) is 0 Å². The summed E-state index contributed by atoms with van der Waals surface area (Å²) in [6, 6.07) is 9.11. The fourth-order valence-electron chi connectivity index (χ4n) is 9.66. The summed E-state index contributed by atoms with van der Waals surface area (Å²) in [6.07, 6.45) is 12.4. The van der Waals surface area contributed by atoms with Crippen molar-refractivity contribution in [3.05, 3.63) is 87.5 Å². The fraction of sp³-hybridized carbons (Fsp3) is 0.490. The molecule has 3 saturated heterocycles. The molecule has 0 radical (unpaired) electrons. The zero-order valence-corrected chi connectivity index (χ0v) is 39.9. The van der Waals surface area contributed by atoms with Crippen molar-refractivity contribution in [2.45, 2.75) is 102 Å². The number of ether oxygens (including phenoxy) is 1. The summed E-state index contributed by atoms with van der Waals surface area (Å²) in [4.78, 5) is 76.0. The molecule has 0 aliphatic carbocycles. The summed E-state index contributed by atoms with van der Waals surface area (Å²) in [7, 11) is 0. The number of nitrogens with two attached hydrogens (primary N) is 1. The van der Waals surface area contributed by atoms with Crippen LogP contribution in [0, 0.1) is 5.82 Å². The zero-order valence-electron chi connectivity index (χ0n) is 38.4. The molecule has 8 rings (SSSR count). The molecule has 4 aliphatic heterocycles. The van der Waals surface area contributed by atoms with E-state index in [4.69, 9.17) is 33.7 Å². The van der Waals surface area contributed by atoms with Gasteiger partial charge in [0.15, 0.2) is 11.6 Å². The van der Waals surface area contributed by atoms with Crippen LogP contribution in [0.5, 0.6) is 5.75 Å². The Morgan fingerprint density at radius 1 is 0.912 bits per heavy atom. The third-order valence-corrected chi connectivity index (χ3v) is 14.3. The molecular weight excluding hydrogens is 915 g/mol. The van der Waals surface area contributed by atoms with E-state index >= 15 is 0 Å². The number of benzene rings is 2. The lowest BCUT2D eigenvalue weighted by atomic mass is 10.0. The minimum Gasteiger partial charge on any atom is -0.482 e. The van der Waals surface area contributed by atoms with Crippen LogP contribution in [0.4, 0.5) is 15.9 Å². The molecule has 4 aliphatic rings. The van der Waals surface area contributed by atoms with Gasteiger partial charge in [-0.2, -0.15) is 5.10 Å². The number of pyridine rings is 1. The first-order valence-electron chi connectivity index (χ1n) is 23.7. The van der Waals surface area contributed by atoms with E-state index in [1.54, 1.807) is 43.6 Å². The van der Waals surface area contributed by atoms with E-state index in [0.717, 1.165) is 95.3 Å². The average Bonchev–Trinajstić information content (AvgIpc) is 3.96. The molecule has 3 fully saturated rings. The number of nitrogen functional groups attached to an aromatic ring is 1. The summed E-state index contributed by atoms with van der Waals surface area (Å²) >= 11 is 12.5. The van der Waals surface area contributed by atoms with Gasteiger partial charge in [0.1, 0.15) is 18.0 Å². The Balaban J connectivity index is 0.675. The van der Waals surface area contributed by atoms with Gasteiger partial charge in [-0.1, -0.05) is 35.7 Å². The van der Waals surface area contributed by atoms with Gasteiger partial charge in [0.05, 0.1) is 17.3 Å². The lowest BCUT2D eigenvalue weighted by Gasteiger charge is -2.34. The maximum absolute atomic E-state index is 14.2. The lowest BCUT2D eigenvalue weighted by molar-refractivity contribution is -0.137. The SMILES string of the molecule is C[C@@H](Oc1cc(-c2cnn(C3CCN(C(=O)CCCCCN4CCN(CCCCC(=O)Nc5cccc6c5CN(C5CCC(=O)NC5=O)C6=O)CC4)CC3)c2)cnc1N)c1c(Cl)ccc(F)c1Cl. The fourth-order valence-corrected chi connectivity index (χ4v) is 10.3. The number of halogens is 3. The van der Waals surface area contributed by atoms with Crippen LogP contribution in [0.25, 0.3) is 11.1 Å². The Labute approximate surface area is 405 Å². The number of unbranched alkanes of at least 4 members (excludes halogenated alkanes) is 3. The Hall–Kier alpha value is -5.62. The van der Waals surface area contributed by atoms with E-state index in [9.17, 15) is 28.4 Å². The van der Waals surface area contributed by atoms with Gasteiger partial charge in [-0.25, -0.2) is 9.37 Å². The van der Waals surface area contributed by atoms with E-state index in [-0.39, 0.29) is 64.9 Å². The molecule has 4 aromatic rings. The van der Waals surface area contributed by atoms with E-state index in [0.29, 0.717) is 54.1 Å². The van der Waals surface area contributed by atoms with E-state index < -0.39 is 23.9 Å². The van der Waals surface area contributed by atoms with Crippen LogP contribution < -0.4 is 21.1 Å². The third-order valence-electron chi connectivity index (χ3n) is 13.6. The van der Waals surface area contributed by atoms with Crippen LogP contribution in [-0.4, -0.2) is 122 Å². The molecule has 362 valence electrons. The van der Waals surface area contributed by atoms with Crippen molar-refractivity contribution in [2.75, 3.05) is 63.4 Å². The van der Waals surface area contributed by atoms with Gasteiger partial charge in [0.25, 0.3) is 5.91 Å². The molecule has 2 aromatic heterocycles. The minimum absolute atomic E-state index is 0.103. The molecule has 4 N–H and O–H groups in total. The van der Waals surface area contributed by atoms with Gasteiger partial charge in [0.2, 0.25) is 23.6 Å². The van der Waals surface area contributed by atoms with Crippen LogP contribution >= 0.6 is 23.2 Å². The topological polar surface area (TPSA) is 188 Å². The van der Waals surface area contributed by atoms with Crippen molar-refractivity contribution in [1.29, 1.82) is 0 Å². The second-order valence-electron chi connectivity index (χ2n) is 18.2. The van der Waals surface area contributed by atoms with Crippen molar-refractivity contribution in [1.82, 2.24) is 39.7 Å². The first-order valence-corrected chi connectivity index (χ1v) is 24.5. The number of hydrogen-bond donors (Lipinski definition) is 3. The van der Waals surface area contributed by atoms with Gasteiger partial charge < -0.3 is 35.4 Å². The monoisotopic (exact) mass is 972 g/mol. The second kappa shape index (κ2) is 22.2. The first-order chi connectivity index (χ1) is 32.8. The van der Waals surface area contributed by atoms with Crippen LogP contribution in [-0.2, 0) is 25.7 Å².